The van der Waals surface area contributed by atoms with Gasteiger partial charge in [0.25, 0.3) is 0 Å². The van der Waals surface area contributed by atoms with Crippen LogP contribution in [0.2, 0.25) is 0 Å². The molecule has 282 valence electrons. The zero-order chi connectivity index (χ0) is 37.6. The van der Waals surface area contributed by atoms with Crippen molar-refractivity contribution in [2.45, 2.75) is 50.7 Å². The van der Waals surface area contributed by atoms with Crippen LogP contribution in [-0.2, 0) is 31.9 Å². The lowest BCUT2D eigenvalue weighted by atomic mass is 9.65. The molecule has 1 saturated carbocycles. The van der Waals surface area contributed by atoms with Crippen LogP contribution in [0.3, 0.4) is 0 Å². The average molecular weight is 729 g/mol. The molecule has 0 amide bonds. The SMILES string of the molecule is CO.COC(=O)C1CC(OC(=O)c2cc(OC)c(OC(=O)CCc3ccccc3)c(OC)c2)C[C@@H]2CN3CCc4c([nH]c5cc(OC)ccc45)C3C[C@H]12. The Bertz CT molecular complexity index is 1900. The van der Waals surface area contributed by atoms with Crippen LogP contribution < -0.4 is 18.9 Å². The van der Waals surface area contributed by atoms with Gasteiger partial charge in [0, 0.05) is 49.3 Å². The highest BCUT2D eigenvalue weighted by Gasteiger charge is 2.49. The molecule has 3 aliphatic rings. The minimum absolute atomic E-state index is 0.0802. The second-order valence-corrected chi connectivity index (χ2v) is 13.6. The molecule has 2 aliphatic heterocycles. The summed E-state index contributed by atoms with van der Waals surface area (Å²) in [5, 5.41) is 8.22. The van der Waals surface area contributed by atoms with Gasteiger partial charge in [0.15, 0.2) is 11.5 Å². The second kappa shape index (κ2) is 16.7. The van der Waals surface area contributed by atoms with E-state index in [9.17, 15) is 14.4 Å². The number of hydrogen-bond acceptors (Lipinski definition) is 11. The summed E-state index contributed by atoms with van der Waals surface area (Å²) in [6, 6.07) is 19.0. The van der Waals surface area contributed by atoms with Crippen LogP contribution in [0, 0.1) is 17.8 Å². The Balaban J connectivity index is 0.00000236. The van der Waals surface area contributed by atoms with Gasteiger partial charge in [0.2, 0.25) is 5.75 Å². The third-order valence-corrected chi connectivity index (χ3v) is 10.9. The maximum absolute atomic E-state index is 13.7. The molecule has 53 heavy (non-hydrogen) atoms. The number of piperidine rings is 1. The summed E-state index contributed by atoms with van der Waals surface area (Å²) in [5.41, 5.74) is 4.82. The Hall–Kier alpha value is -5.07. The lowest BCUT2D eigenvalue weighted by molar-refractivity contribution is -0.155. The van der Waals surface area contributed by atoms with Gasteiger partial charge in [-0.25, -0.2) is 4.79 Å². The molecule has 3 heterocycles. The molecule has 3 aromatic carbocycles. The summed E-state index contributed by atoms with van der Waals surface area (Å²) in [6.07, 6.45) is 2.92. The van der Waals surface area contributed by atoms with Gasteiger partial charge >= 0.3 is 17.9 Å². The van der Waals surface area contributed by atoms with Crippen molar-refractivity contribution in [1.29, 1.82) is 0 Å². The van der Waals surface area contributed by atoms with Gasteiger partial charge in [-0.1, -0.05) is 30.3 Å². The van der Waals surface area contributed by atoms with Crippen molar-refractivity contribution in [3.05, 3.63) is 83.0 Å². The molecule has 1 saturated heterocycles. The molecule has 5 atom stereocenters. The number of hydrogen-bond donors (Lipinski definition) is 2. The summed E-state index contributed by atoms with van der Waals surface area (Å²) in [7, 11) is 6.95. The summed E-state index contributed by atoms with van der Waals surface area (Å²) in [5.74, 6) is -0.258. The van der Waals surface area contributed by atoms with Gasteiger partial charge in [0.05, 0.1) is 46.0 Å². The third kappa shape index (κ3) is 7.84. The van der Waals surface area contributed by atoms with E-state index in [2.05, 4.69) is 16.0 Å². The predicted molar refractivity (Wildman–Crippen MR) is 196 cm³/mol. The van der Waals surface area contributed by atoms with E-state index in [1.54, 1.807) is 7.11 Å². The summed E-state index contributed by atoms with van der Waals surface area (Å²) in [6.45, 7) is 1.71. The first-order chi connectivity index (χ1) is 25.8. The zero-order valence-electron chi connectivity index (χ0n) is 30.9. The van der Waals surface area contributed by atoms with Crippen molar-refractivity contribution in [1.82, 2.24) is 9.88 Å². The van der Waals surface area contributed by atoms with Crippen LogP contribution in [0.5, 0.6) is 23.0 Å². The lowest BCUT2D eigenvalue weighted by Gasteiger charge is -2.51. The van der Waals surface area contributed by atoms with Crippen LogP contribution in [0.25, 0.3) is 10.9 Å². The maximum atomic E-state index is 13.7. The van der Waals surface area contributed by atoms with Crippen molar-refractivity contribution < 1.29 is 47.9 Å². The molecule has 3 unspecified atom stereocenters. The molecule has 0 bridgehead atoms. The first-order valence-electron chi connectivity index (χ1n) is 18.0. The number of ether oxygens (including phenoxy) is 6. The maximum Gasteiger partial charge on any atom is 0.338 e. The Morgan fingerprint density at radius 1 is 0.887 bits per heavy atom. The minimum Gasteiger partial charge on any atom is -0.497 e. The summed E-state index contributed by atoms with van der Waals surface area (Å²) < 4.78 is 33.6. The number of aryl methyl sites for hydroxylation is 1. The smallest absolute Gasteiger partial charge is 0.338 e. The Labute approximate surface area is 309 Å². The van der Waals surface area contributed by atoms with E-state index in [1.165, 1.54) is 50.1 Å². The number of benzene rings is 3. The first kappa shape index (κ1) is 37.7. The number of aromatic amines is 1. The number of carbonyl (C=O) groups excluding carboxylic acids is 3. The van der Waals surface area contributed by atoms with Crippen LogP contribution in [0.15, 0.2) is 60.7 Å². The Morgan fingerprint density at radius 3 is 2.30 bits per heavy atom. The molecule has 2 N–H and O–H groups in total. The summed E-state index contributed by atoms with van der Waals surface area (Å²) >= 11 is 0. The monoisotopic (exact) mass is 728 g/mol. The number of methoxy groups -OCH3 is 4. The molecular formula is C41H48N2O10. The molecule has 7 rings (SSSR count). The van der Waals surface area contributed by atoms with Gasteiger partial charge in [-0.3, -0.25) is 14.5 Å². The highest BCUT2D eigenvalue weighted by atomic mass is 16.6. The van der Waals surface area contributed by atoms with E-state index in [4.69, 9.17) is 33.5 Å². The highest BCUT2D eigenvalue weighted by molar-refractivity contribution is 5.92. The number of nitrogens with one attached hydrogen (secondary N) is 1. The molecule has 1 aliphatic carbocycles. The number of rotatable bonds is 10. The van der Waals surface area contributed by atoms with E-state index in [0.717, 1.165) is 49.9 Å². The molecular weight excluding hydrogens is 680 g/mol. The van der Waals surface area contributed by atoms with E-state index in [-0.39, 0.29) is 53.1 Å². The van der Waals surface area contributed by atoms with Crippen molar-refractivity contribution in [3.63, 3.8) is 0 Å². The molecule has 0 spiro atoms. The Morgan fingerprint density at radius 2 is 1.62 bits per heavy atom. The van der Waals surface area contributed by atoms with E-state index < -0.39 is 24.0 Å². The highest BCUT2D eigenvalue weighted by Crippen LogP contribution is 2.50. The molecule has 12 heteroatoms. The number of aromatic nitrogens is 1. The van der Waals surface area contributed by atoms with Crippen LogP contribution in [-0.4, -0.2) is 87.6 Å². The topological polar surface area (TPSA) is 146 Å². The fourth-order valence-corrected chi connectivity index (χ4v) is 8.43. The number of H-pyrrole nitrogens is 1. The van der Waals surface area contributed by atoms with E-state index in [1.807, 2.05) is 42.5 Å². The quantitative estimate of drug-likeness (QED) is 0.154. The molecule has 1 aromatic heterocycles. The number of fused-ring (bicyclic) bond motifs is 6. The predicted octanol–water partition coefficient (Wildman–Crippen LogP) is 5.68. The third-order valence-electron chi connectivity index (χ3n) is 10.9. The fraction of sp³-hybridized carbons (Fsp3) is 0.439. The van der Waals surface area contributed by atoms with Crippen molar-refractivity contribution in [2.24, 2.45) is 17.8 Å². The van der Waals surface area contributed by atoms with Crippen molar-refractivity contribution >= 4 is 28.8 Å². The standard InChI is InChI=1S/C40H44N2O9.CH4O/c1-46-26-11-12-28-29-14-15-42-22-25-16-27(19-31(40(45)49-4)30(25)21-33(42)37(29)41-32(28)20-26)50-39(44)24-17-34(47-2)38(35(18-24)48-3)51-36(43)13-10-23-8-6-5-7-9-23;1-2/h5-9,11-12,17-18,20,25,27,30-31,33,41H,10,13-16,19,21-22H2,1-4H3;2H,1H3/t25-,27?,30+,31?,33?;/m1./s1. The second-order valence-electron chi connectivity index (χ2n) is 13.6. The largest absolute Gasteiger partial charge is 0.497 e. The van der Waals surface area contributed by atoms with Gasteiger partial charge in [-0.2, -0.15) is 0 Å². The van der Waals surface area contributed by atoms with Gasteiger partial charge in [-0.05, 0) is 79.3 Å². The normalized spacial score (nSPS) is 21.8. The zero-order valence-corrected chi connectivity index (χ0v) is 30.9. The van der Waals surface area contributed by atoms with Gasteiger partial charge < -0.3 is 38.5 Å². The Kier molecular flexibility index (Phi) is 11.9. The fourth-order valence-electron chi connectivity index (χ4n) is 8.43. The van der Waals surface area contributed by atoms with Gasteiger partial charge in [0.1, 0.15) is 11.9 Å². The minimum atomic E-state index is -0.578. The molecule has 0 radical (unpaired) electrons. The van der Waals surface area contributed by atoms with Crippen molar-refractivity contribution in [2.75, 3.05) is 48.6 Å². The molecule has 2 fully saturated rings. The van der Waals surface area contributed by atoms with E-state index >= 15 is 0 Å². The van der Waals surface area contributed by atoms with Gasteiger partial charge in [-0.15, -0.1) is 0 Å². The number of carbonyl (C=O) groups is 3. The number of esters is 3. The average Bonchev–Trinajstić information content (AvgIpc) is 3.58. The summed E-state index contributed by atoms with van der Waals surface area (Å²) in [4.78, 5) is 45.9. The lowest BCUT2D eigenvalue weighted by Crippen LogP contribution is -2.52. The first-order valence-corrected chi connectivity index (χ1v) is 18.0. The van der Waals surface area contributed by atoms with Crippen LogP contribution in [0.4, 0.5) is 0 Å². The molecule has 4 aromatic rings. The van der Waals surface area contributed by atoms with Crippen LogP contribution >= 0.6 is 0 Å². The van der Waals surface area contributed by atoms with E-state index in [0.29, 0.717) is 19.3 Å². The number of aliphatic hydroxyl groups excluding tert-OH is 1. The molecule has 12 nitrogen and oxygen atoms in total. The van der Waals surface area contributed by atoms with Crippen molar-refractivity contribution in [3.8, 4) is 23.0 Å². The van der Waals surface area contributed by atoms with Crippen LogP contribution in [0.1, 0.15) is 58.9 Å². The number of aliphatic hydroxyl groups is 1. The number of nitrogens with zero attached hydrogens (tertiary/aromatic N) is 1.